The van der Waals surface area contributed by atoms with E-state index in [4.69, 9.17) is 9.47 Å². The highest BCUT2D eigenvalue weighted by Gasteiger charge is 2.16. The summed E-state index contributed by atoms with van der Waals surface area (Å²) in [6.45, 7) is 4.07. The lowest BCUT2D eigenvalue weighted by atomic mass is 10.1. The summed E-state index contributed by atoms with van der Waals surface area (Å²) in [7, 11) is 0. The molecule has 0 spiro atoms. The minimum Gasteiger partial charge on any atom is -0.462 e. The van der Waals surface area contributed by atoms with E-state index in [1.54, 1.807) is 0 Å². The predicted octanol–water partition coefficient (Wildman–Crippen LogP) is 12.6. The van der Waals surface area contributed by atoms with Crippen LogP contribution in [0.4, 0.5) is 0 Å². The van der Waals surface area contributed by atoms with E-state index in [-0.39, 0.29) is 25.2 Å². The molecule has 0 aliphatic carbocycles. The largest absolute Gasteiger partial charge is 0.462 e. The molecule has 0 aromatic rings. The van der Waals surface area contributed by atoms with Crippen molar-refractivity contribution in [2.45, 2.75) is 200 Å². The molecule has 0 aliphatic heterocycles. The number of ether oxygens (including phenoxy) is 2. The number of rotatable bonds is 36. The maximum atomic E-state index is 12.2. The molecule has 0 fully saturated rings. The maximum absolute atomic E-state index is 12.2. The van der Waals surface area contributed by atoms with E-state index in [1.165, 1.54) is 109 Å². The molecule has 0 radical (unpaired) electrons. The Morgan fingerprint density at radius 2 is 0.833 bits per heavy atom. The van der Waals surface area contributed by atoms with Crippen molar-refractivity contribution in [2.75, 3.05) is 13.2 Å². The Hall–Kier alpha value is -2.14. The van der Waals surface area contributed by atoms with Crippen molar-refractivity contribution >= 4 is 11.9 Å². The molecule has 0 rings (SSSR count). The van der Waals surface area contributed by atoms with Gasteiger partial charge in [0.1, 0.15) is 6.61 Å². The van der Waals surface area contributed by atoms with E-state index in [1.807, 2.05) is 0 Å². The highest BCUT2D eigenvalue weighted by atomic mass is 16.6. The molecular formula is C43H76O5. The van der Waals surface area contributed by atoms with Gasteiger partial charge in [0.25, 0.3) is 0 Å². The van der Waals surface area contributed by atoms with E-state index in [2.05, 4.69) is 62.5 Å². The minimum atomic E-state index is -0.779. The number of carbonyl (C=O) groups is 2. The number of esters is 2. The molecule has 0 saturated heterocycles. The molecule has 0 saturated carbocycles. The van der Waals surface area contributed by atoms with Gasteiger partial charge < -0.3 is 14.6 Å². The number of carbonyl (C=O) groups excluding carboxylic acids is 2. The minimum absolute atomic E-state index is 0.0752. The highest BCUT2D eigenvalue weighted by molar-refractivity contribution is 5.70. The standard InChI is InChI=1S/C43H76O5/c1-3-5-7-9-11-13-15-17-19-20-21-22-24-26-28-30-32-34-36-38-43(46)48-41(39-44)40-47-42(45)37-35-33-31-29-27-25-23-18-16-14-12-10-8-6-4-2/h11-14,17-19,23,41,44H,3-10,15-16,20-22,24-40H2,1-2H3. The molecule has 5 nitrogen and oxygen atoms in total. The van der Waals surface area contributed by atoms with Gasteiger partial charge in [-0.2, -0.15) is 0 Å². The number of aliphatic hydroxyl groups excluding tert-OH is 1. The van der Waals surface area contributed by atoms with Gasteiger partial charge in [-0.3, -0.25) is 9.59 Å². The van der Waals surface area contributed by atoms with Crippen molar-refractivity contribution in [3.8, 4) is 0 Å². The van der Waals surface area contributed by atoms with E-state index >= 15 is 0 Å². The molecule has 5 heteroatoms. The van der Waals surface area contributed by atoms with Gasteiger partial charge in [-0.15, -0.1) is 0 Å². The van der Waals surface area contributed by atoms with E-state index in [9.17, 15) is 14.7 Å². The molecule has 1 unspecified atom stereocenters. The van der Waals surface area contributed by atoms with Crippen LogP contribution in [0.1, 0.15) is 194 Å². The second-order valence-electron chi connectivity index (χ2n) is 13.4. The third kappa shape index (κ3) is 36.7. The second-order valence-corrected chi connectivity index (χ2v) is 13.4. The maximum Gasteiger partial charge on any atom is 0.306 e. The average molecular weight is 673 g/mol. The van der Waals surface area contributed by atoms with Crippen molar-refractivity contribution in [1.82, 2.24) is 0 Å². The monoisotopic (exact) mass is 673 g/mol. The molecular weight excluding hydrogens is 596 g/mol. The molecule has 278 valence electrons. The fourth-order valence-corrected chi connectivity index (χ4v) is 5.50. The first-order valence-corrected chi connectivity index (χ1v) is 20.2. The zero-order chi connectivity index (χ0) is 35.0. The lowest BCUT2D eigenvalue weighted by Gasteiger charge is -2.15. The molecule has 0 bridgehead atoms. The first kappa shape index (κ1) is 45.9. The molecule has 0 amide bonds. The van der Waals surface area contributed by atoms with Crippen LogP contribution < -0.4 is 0 Å². The van der Waals surface area contributed by atoms with Crippen LogP contribution in [0.2, 0.25) is 0 Å². The number of aliphatic hydroxyl groups is 1. The summed E-state index contributed by atoms with van der Waals surface area (Å²) in [5.74, 6) is -0.612. The van der Waals surface area contributed by atoms with Crippen LogP contribution in [0.15, 0.2) is 48.6 Å². The molecule has 48 heavy (non-hydrogen) atoms. The van der Waals surface area contributed by atoms with Gasteiger partial charge in [-0.1, -0.05) is 152 Å². The van der Waals surface area contributed by atoms with Crippen LogP contribution in [0.3, 0.4) is 0 Å². The van der Waals surface area contributed by atoms with Gasteiger partial charge in [0.05, 0.1) is 6.61 Å². The normalized spacial score (nSPS) is 12.6. The van der Waals surface area contributed by atoms with Crippen LogP contribution in [-0.2, 0) is 19.1 Å². The lowest BCUT2D eigenvalue weighted by molar-refractivity contribution is -0.161. The fourth-order valence-electron chi connectivity index (χ4n) is 5.50. The highest BCUT2D eigenvalue weighted by Crippen LogP contribution is 2.13. The van der Waals surface area contributed by atoms with Crippen molar-refractivity contribution < 1.29 is 24.2 Å². The van der Waals surface area contributed by atoms with Gasteiger partial charge in [0, 0.05) is 12.8 Å². The van der Waals surface area contributed by atoms with Crippen molar-refractivity contribution in [3.05, 3.63) is 48.6 Å². The van der Waals surface area contributed by atoms with Crippen LogP contribution in [-0.4, -0.2) is 36.4 Å². The Morgan fingerprint density at radius 1 is 0.479 bits per heavy atom. The van der Waals surface area contributed by atoms with Gasteiger partial charge in [0.15, 0.2) is 6.10 Å². The third-order valence-electron chi connectivity index (χ3n) is 8.60. The summed E-state index contributed by atoms with van der Waals surface area (Å²) in [6.07, 6.45) is 48.8. The summed E-state index contributed by atoms with van der Waals surface area (Å²) < 4.78 is 10.6. The van der Waals surface area contributed by atoms with Crippen LogP contribution in [0, 0.1) is 0 Å². The van der Waals surface area contributed by atoms with Crippen LogP contribution in [0.5, 0.6) is 0 Å². The van der Waals surface area contributed by atoms with Gasteiger partial charge in [-0.05, 0) is 77.0 Å². The summed E-state index contributed by atoms with van der Waals surface area (Å²) in [4.78, 5) is 24.3. The quantitative estimate of drug-likeness (QED) is 0.0407. The smallest absolute Gasteiger partial charge is 0.306 e. The molecule has 0 aromatic carbocycles. The Bertz CT molecular complexity index is 812. The summed E-state index contributed by atoms with van der Waals surface area (Å²) >= 11 is 0. The third-order valence-corrected chi connectivity index (χ3v) is 8.60. The summed E-state index contributed by atoms with van der Waals surface area (Å²) in [5.41, 5.74) is 0. The van der Waals surface area contributed by atoms with Crippen molar-refractivity contribution in [1.29, 1.82) is 0 Å². The summed E-state index contributed by atoms with van der Waals surface area (Å²) in [6, 6.07) is 0. The molecule has 0 heterocycles. The second kappa shape index (κ2) is 39.3. The Balaban J connectivity index is 3.58. The first-order chi connectivity index (χ1) is 23.6. The van der Waals surface area contributed by atoms with E-state index in [0.29, 0.717) is 12.8 Å². The summed E-state index contributed by atoms with van der Waals surface area (Å²) in [5, 5.41) is 9.56. The van der Waals surface area contributed by atoms with Crippen molar-refractivity contribution in [2.24, 2.45) is 0 Å². The SMILES string of the molecule is CCCCCC=CCC=CCCCCCCCCCCCC(=O)OC(CO)COC(=O)CCCCCCCC=CCC=CCCCCC. The number of allylic oxidation sites excluding steroid dienone is 8. The Morgan fingerprint density at radius 3 is 1.23 bits per heavy atom. The molecule has 0 aromatic heterocycles. The zero-order valence-corrected chi connectivity index (χ0v) is 31.5. The molecule has 1 N–H and O–H groups in total. The van der Waals surface area contributed by atoms with Crippen LogP contribution in [0.25, 0.3) is 0 Å². The van der Waals surface area contributed by atoms with Gasteiger partial charge in [0.2, 0.25) is 0 Å². The lowest BCUT2D eigenvalue weighted by Crippen LogP contribution is -2.28. The number of hydrogen-bond acceptors (Lipinski definition) is 5. The average Bonchev–Trinajstić information content (AvgIpc) is 3.09. The topological polar surface area (TPSA) is 72.8 Å². The fraction of sp³-hybridized carbons (Fsp3) is 0.767. The van der Waals surface area contributed by atoms with Gasteiger partial charge in [-0.25, -0.2) is 0 Å². The first-order valence-electron chi connectivity index (χ1n) is 20.2. The van der Waals surface area contributed by atoms with Gasteiger partial charge >= 0.3 is 11.9 Å². The number of unbranched alkanes of at least 4 members (excludes halogenated alkanes) is 20. The van der Waals surface area contributed by atoms with E-state index in [0.717, 1.165) is 57.8 Å². The Labute approximate surface area is 297 Å². The predicted molar refractivity (Wildman–Crippen MR) is 205 cm³/mol. The number of hydrogen-bond donors (Lipinski definition) is 1. The molecule has 0 aliphatic rings. The zero-order valence-electron chi connectivity index (χ0n) is 31.5. The van der Waals surface area contributed by atoms with E-state index < -0.39 is 6.10 Å². The van der Waals surface area contributed by atoms with Crippen molar-refractivity contribution in [3.63, 3.8) is 0 Å². The Kier molecular flexibility index (Phi) is 37.5. The van der Waals surface area contributed by atoms with Crippen LogP contribution >= 0.6 is 0 Å². The molecule has 1 atom stereocenters.